The zero-order chi connectivity index (χ0) is 25.5. The van der Waals surface area contributed by atoms with Crippen LogP contribution in [0, 0.1) is 23.4 Å². The molecule has 2 atom stereocenters. The molecule has 4 rings (SSSR count). The Labute approximate surface area is 213 Å². The van der Waals surface area contributed by atoms with Crippen molar-refractivity contribution in [2.45, 2.75) is 64.9 Å². The van der Waals surface area contributed by atoms with Crippen LogP contribution in [-0.4, -0.2) is 6.61 Å². The lowest BCUT2D eigenvalue weighted by Gasteiger charge is -2.29. The Bertz CT molecular complexity index is 1170. The minimum absolute atomic E-state index is 0.211. The molecular formula is C32H35F3O. The highest BCUT2D eigenvalue weighted by Gasteiger charge is 2.25. The maximum Gasteiger partial charge on any atom is 0.166 e. The molecule has 1 aliphatic heterocycles. The van der Waals surface area contributed by atoms with E-state index in [4.69, 9.17) is 4.74 Å². The van der Waals surface area contributed by atoms with Gasteiger partial charge < -0.3 is 4.74 Å². The lowest BCUT2D eigenvalue weighted by atomic mass is 9.90. The van der Waals surface area contributed by atoms with Crippen molar-refractivity contribution in [1.82, 2.24) is 0 Å². The molecule has 36 heavy (non-hydrogen) atoms. The Morgan fingerprint density at radius 2 is 1.64 bits per heavy atom. The molecule has 190 valence electrons. The standard InChI is InChI=1S/C32H35F3O/c1-3-5-7-8-22-10-19-30(36-21-22)28-18-16-26(20-29(28)33)23-11-13-24(14-12-23)27-17-15-25(9-6-4-2)31(34)32(27)35/h3,5,11-18,20,22,30H,4,6-10,19,21H2,1-2H3/b5-3+. The van der Waals surface area contributed by atoms with Crippen molar-refractivity contribution < 1.29 is 17.9 Å². The van der Waals surface area contributed by atoms with Gasteiger partial charge in [0.15, 0.2) is 11.6 Å². The summed E-state index contributed by atoms with van der Waals surface area (Å²) < 4.78 is 50.3. The minimum Gasteiger partial charge on any atom is -0.373 e. The van der Waals surface area contributed by atoms with Crippen LogP contribution in [0.25, 0.3) is 22.3 Å². The van der Waals surface area contributed by atoms with E-state index in [-0.39, 0.29) is 17.5 Å². The summed E-state index contributed by atoms with van der Waals surface area (Å²) in [6.45, 7) is 4.72. The minimum atomic E-state index is -0.816. The second-order valence-electron chi connectivity index (χ2n) is 9.73. The van der Waals surface area contributed by atoms with Crippen molar-refractivity contribution in [3.63, 3.8) is 0 Å². The zero-order valence-corrected chi connectivity index (χ0v) is 21.2. The highest BCUT2D eigenvalue weighted by Crippen LogP contribution is 2.35. The molecule has 3 aromatic rings. The first-order valence-electron chi connectivity index (χ1n) is 13.1. The van der Waals surface area contributed by atoms with Gasteiger partial charge in [-0.05, 0) is 79.7 Å². The summed E-state index contributed by atoms with van der Waals surface area (Å²) in [7, 11) is 0. The van der Waals surface area contributed by atoms with E-state index in [1.54, 1.807) is 24.3 Å². The molecule has 1 saturated heterocycles. The molecule has 1 heterocycles. The topological polar surface area (TPSA) is 9.23 Å². The molecule has 0 N–H and O–H groups in total. The Kier molecular flexibility index (Phi) is 9.03. The van der Waals surface area contributed by atoms with Crippen LogP contribution in [0.4, 0.5) is 13.2 Å². The number of halogens is 3. The van der Waals surface area contributed by atoms with Gasteiger partial charge in [-0.3, -0.25) is 0 Å². The average molecular weight is 493 g/mol. The SMILES string of the molecule is C/C=C/CCC1CCC(c2ccc(-c3ccc(-c4ccc(CCCC)c(F)c4F)cc3)cc2F)OC1. The van der Waals surface area contributed by atoms with Crippen molar-refractivity contribution in [3.8, 4) is 22.3 Å². The molecule has 2 unspecified atom stereocenters. The van der Waals surface area contributed by atoms with Gasteiger partial charge in [-0.25, -0.2) is 13.2 Å². The van der Waals surface area contributed by atoms with Crippen molar-refractivity contribution in [3.05, 3.63) is 95.3 Å². The van der Waals surface area contributed by atoms with Gasteiger partial charge in [0.25, 0.3) is 0 Å². The van der Waals surface area contributed by atoms with Crippen LogP contribution in [0.3, 0.4) is 0 Å². The Morgan fingerprint density at radius 3 is 2.31 bits per heavy atom. The van der Waals surface area contributed by atoms with Gasteiger partial charge in [0.1, 0.15) is 5.82 Å². The zero-order valence-electron chi connectivity index (χ0n) is 21.2. The molecule has 0 saturated carbocycles. The summed E-state index contributed by atoms with van der Waals surface area (Å²) in [6.07, 6.45) is 10.3. The highest BCUT2D eigenvalue weighted by atomic mass is 19.2. The first kappa shape index (κ1) is 26.2. The van der Waals surface area contributed by atoms with Gasteiger partial charge in [0, 0.05) is 11.1 Å². The van der Waals surface area contributed by atoms with Crippen LogP contribution >= 0.6 is 0 Å². The highest BCUT2D eigenvalue weighted by molar-refractivity contribution is 5.71. The largest absolute Gasteiger partial charge is 0.373 e. The summed E-state index contributed by atoms with van der Waals surface area (Å²) in [4.78, 5) is 0. The van der Waals surface area contributed by atoms with E-state index in [2.05, 4.69) is 12.2 Å². The van der Waals surface area contributed by atoms with Gasteiger partial charge in [0.05, 0.1) is 12.7 Å². The fraction of sp³-hybridized carbons (Fsp3) is 0.375. The van der Waals surface area contributed by atoms with Crippen LogP contribution in [0.1, 0.15) is 69.6 Å². The van der Waals surface area contributed by atoms with E-state index in [1.807, 2.05) is 38.1 Å². The number of hydrogen-bond acceptors (Lipinski definition) is 1. The molecule has 1 nitrogen and oxygen atoms in total. The Morgan fingerprint density at radius 1 is 0.889 bits per heavy atom. The number of benzene rings is 3. The molecule has 4 heteroatoms. The summed E-state index contributed by atoms with van der Waals surface area (Å²) >= 11 is 0. The number of allylic oxidation sites excluding steroid dienone is 2. The number of unbranched alkanes of at least 4 members (excludes halogenated alkanes) is 1. The predicted molar refractivity (Wildman–Crippen MR) is 141 cm³/mol. The van der Waals surface area contributed by atoms with Crippen molar-refractivity contribution in [2.75, 3.05) is 6.61 Å². The van der Waals surface area contributed by atoms with E-state index >= 15 is 4.39 Å². The van der Waals surface area contributed by atoms with Gasteiger partial charge in [-0.15, -0.1) is 0 Å². The second-order valence-corrected chi connectivity index (χ2v) is 9.73. The van der Waals surface area contributed by atoms with Gasteiger partial charge >= 0.3 is 0 Å². The van der Waals surface area contributed by atoms with E-state index in [0.717, 1.165) is 49.7 Å². The van der Waals surface area contributed by atoms with Crippen LogP contribution < -0.4 is 0 Å². The van der Waals surface area contributed by atoms with Gasteiger partial charge in [-0.1, -0.05) is 74.0 Å². The van der Waals surface area contributed by atoms with Crippen LogP contribution in [0.2, 0.25) is 0 Å². The third-order valence-corrected chi connectivity index (χ3v) is 7.19. The number of ether oxygens (including phenoxy) is 1. The van der Waals surface area contributed by atoms with Crippen molar-refractivity contribution in [1.29, 1.82) is 0 Å². The molecule has 0 spiro atoms. The van der Waals surface area contributed by atoms with E-state index in [1.165, 1.54) is 6.07 Å². The maximum absolute atomic E-state index is 15.1. The predicted octanol–water partition coefficient (Wildman–Crippen LogP) is 9.60. The smallest absolute Gasteiger partial charge is 0.166 e. The van der Waals surface area contributed by atoms with Crippen LogP contribution in [0.15, 0.2) is 66.7 Å². The molecule has 0 amide bonds. The second kappa shape index (κ2) is 12.4. The Hall–Kier alpha value is -2.85. The van der Waals surface area contributed by atoms with E-state index in [9.17, 15) is 8.78 Å². The van der Waals surface area contributed by atoms with Crippen LogP contribution in [0.5, 0.6) is 0 Å². The monoisotopic (exact) mass is 492 g/mol. The lowest BCUT2D eigenvalue weighted by Crippen LogP contribution is -2.21. The normalized spacial score (nSPS) is 18.1. The summed E-state index contributed by atoms with van der Waals surface area (Å²) in [5.74, 6) is -1.33. The molecule has 1 fully saturated rings. The van der Waals surface area contributed by atoms with E-state index in [0.29, 0.717) is 35.6 Å². The average Bonchev–Trinajstić information content (AvgIpc) is 2.90. The number of rotatable bonds is 9. The van der Waals surface area contributed by atoms with Crippen molar-refractivity contribution in [2.24, 2.45) is 5.92 Å². The molecular weight excluding hydrogens is 457 g/mol. The molecule has 3 aromatic carbocycles. The summed E-state index contributed by atoms with van der Waals surface area (Å²) in [6, 6.07) is 15.7. The number of hydrogen-bond donors (Lipinski definition) is 0. The maximum atomic E-state index is 15.1. The first-order chi connectivity index (χ1) is 17.5. The lowest BCUT2D eigenvalue weighted by molar-refractivity contribution is -0.0207. The van der Waals surface area contributed by atoms with Gasteiger partial charge in [0.2, 0.25) is 0 Å². The third kappa shape index (κ3) is 6.10. The Balaban J connectivity index is 1.44. The third-order valence-electron chi connectivity index (χ3n) is 7.19. The van der Waals surface area contributed by atoms with E-state index < -0.39 is 11.6 Å². The quantitative estimate of drug-likeness (QED) is 0.270. The van der Waals surface area contributed by atoms with Gasteiger partial charge in [-0.2, -0.15) is 0 Å². The summed E-state index contributed by atoms with van der Waals surface area (Å²) in [5.41, 5.74) is 3.40. The summed E-state index contributed by atoms with van der Waals surface area (Å²) in [5, 5.41) is 0. The molecule has 0 aliphatic carbocycles. The number of aryl methyl sites for hydroxylation is 1. The van der Waals surface area contributed by atoms with Crippen molar-refractivity contribution >= 4 is 0 Å². The molecule has 0 bridgehead atoms. The van der Waals surface area contributed by atoms with Crippen LogP contribution in [-0.2, 0) is 11.2 Å². The fourth-order valence-corrected chi connectivity index (χ4v) is 4.96. The molecule has 0 aromatic heterocycles. The first-order valence-corrected chi connectivity index (χ1v) is 13.1. The fourth-order valence-electron chi connectivity index (χ4n) is 4.96. The molecule has 1 aliphatic rings. The molecule has 0 radical (unpaired) electrons.